The first-order valence-corrected chi connectivity index (χ1v) is 8.58. The van der Waals surface area contributed by atoms with Gasteiger partial charge in [0, 0.05) is 44.4 Å². The van der Waals surface area contributed by atoms with Crippen molar-refractivity contribution in [2.24, 2.45) is 11.8 Å². The van der Waals surface area contributed by atoms with Gasteiger partial charge >= 0.3 is 0 Å². The summed E-state index contributed by atoms with van der Waals surface area (Å²) >= 11 is 0. The lowest BCUT2D eigenvalue weighted by atomic mass is 9.93. The first-order valence-electron chi connectivity index (χ1n) is 8.58. The minimum absolute atomic E-state index is 0.155. The van der Waals surface area contributed by atoms with Crippen molar-refractivity contribution in [3.63, 3.8) is 0 Å². The van der Waals surface area contributed by atoms with E-state index in [0.29, 0.717) is 23.7 Å². The van der Waals surface area contributed by atoms with Gasteiger partial charge in [0.25, 0.3) is 0 Å². The number of amides is 1. The normalized spacial score (nSPS) is 23.0. The molecule has 0 spiro atoms. The second kappa shape index (κ2) is 7.15. The lowest BCUT2D eigenvalue weighted by Gasteiger charge is -2.37. The second-order valence-electron chi connectivity index (χ2n) is 6.69. The number of hydrogen-bond donors (Lipinski definition) is 0. The van der Waals surface area contributed by atoms with Crippen molar-refractivity contribution in [1.82, 2.24) is 14.9 Å². The Balaban J connectivity index is 1.56. The number of carbonyl (C=O) groups is 1. The number of piperidine rings is 2. The van der Waals surface area contributed by atoms with Crippen LogP contribution in [0.25, 0.3) is 0 Å². The molecular weight excluding hydrogens is 292 g/mol. The van der Waals surface area contributed by atoms with Crippen LogP contribution >= 0.6 is 0 Å². The molecule has 1 atom stereocenters. The predicted molar refractivity (Wildman–Crippen MR) is 88.5 cm³/mol. The minimum Gasteiger partial charge on any atom is -0.481 e. The molecule has 2 fully saturated rings. The van der Waals surface area contributed by atoms with Crippen molar-refractivity contribution in [3.05, 3.63) is 12.3 Å². The van der Waals surface area contributed by atoms with E-state index in [1.165, 1.54) is 6.42 Å². The molecule has 23 heavy (non-hydrogen) atoms. The van der Waals surface area contributed by atoms with E-state index >= 15 is 0 Å². The highest BCUT2D eigenvalue weighted by Gasteiger charge is 2.31. The molecule has 0 radical (unpaired) electrons. The van der Waals surface area contributed by atoms with Crippen LogP contribution in [0.15, 0.2) is 12.3 Å². The maximum Gasteiger partial charge on any atom is 0.228 e. The highest BCUT2D eigenvalue weighted by molar-refractivity contribution is 5.79. The van der Waals surface area contributed by atoms with Crippen molar-refractivity contribution >= 4 is 11.9 Å². The van der Waals surface area contributed by atoms with Gasteiger partial charge in [-0.2, -0.15) is 4.98 Å². The minimum atomic E-state index is 0.155. The molecule has 0 aromatic carbocycles. The fourth-order valence-corrected chi connectivity index (χ4v) is 3.57. The van der Waals surface area contributed by atoms with E-state index < -0.39 is 0 Å². The van der Waals surface area contributed by atoms with Gasteiger partial charge in [-0.15, -0.1) is 0 Å². The number of nitrogens with zero attached hydrogens (tertiary/aromatic N) is 4. The largest absolute Gasteiger partial charge is 0.481 e. The third kappa shape index (κ3) is 3.74. The molecule has 1 amide bonds. The van der Waals surface area contributed by atoms with Gasteiger partial charge in [0.05, 0.1) is 7.11 Å². The van der Waals surface area contributed by atoms with Crippen LogP contribution in [0, 0.1) is 11.8 Å². The zero-order valence-electron chi connectivity index (χ0n) is 14.1. The SMILES string of the molecule is COc1ccnc(N2CCC(C(=O)N3CCCC(C)C3)CC2)n1. The van der Waals surface area contributed by atoms with E-state index in [9.17, 15) is 4.79 Å². The van der Waals surface area contributed by atoms with E-state index in [-0.39, 0.29) is 5.92 Å². The number of carbonyl (C=O) groups excluding carboxylic acids is 1. The second-order valence-corrected chi connectivity index (χ2v) is 6.69. The van der Waals surface area contributed by atoms with Crippen LogP contribution in [-0.4, -0.2) is 54.1 Å². The Hall–Kier alpha value is -1.85. The van der Waals surface area contributed by atoms with Crippen molar-refractivity contribution < 1.29 is 9.53 Å². The van der Waals surface area contributed by atoms with Crippen LogP contribution in [0.3, 0.4) is 0 Å². The maximum atomic E-state index is 12.7. The summed E-state index contributed by atoms with van der Waals surface area (Å²) in [6, 6.07) is 1.75. The fourth-order valence-electron chi connectivity index (χ4n) is 3.57. The summed E-state index contributed by atoms with van der Waals surface area (Å²) in [4.78, 5) is 25.6. The molecule has 1 aromatic rings. The van der Waals surface area contributed by atoms with Gasteiger partial charge in [-0.3, -0.25) is 4.79 Å². The lowest BCUT2D eigenvalue weighted by Crippen LogP contribution is -2.46. The summed E-state index contributed by atoms with van der Waals surface area (Å²) in [6.45, 7) is 5.75. The molecule has 0 saturated carbocycles. The maximum absolute atomic E-state index is 12.7. The molecule has 2 saturated heterocycles. The number of anilines is 1. The van der Waals surface area contributed by atoms with Gasteiger partial charge in [0.2, 0.25) is 17.7 Å². The van der Waals surface area contributed by atoms with Gasteiger partial charge in [-0.25, -0.2) is 4.98 Å². The lowest BCUT2D eigenvalue weighted by molar-refractivity contribution is -0.137. The molecule has 2 aliphatic heterocycles. The van der Waals surface area contributed by atoms with E-state index in [2.05, 4.69) is 26.7 Å². The van der Waals surface area contributed by atoms with Crippen LogP contribution in [-0.2, 0) is 4.79 Å². The standard InChI is InChI=1S/C17H26N4O2/c1-13-4-3-9-21(12-13)16(22)14-6-10-20(11-7-14)17-18-8-5-15(19-17)23-2/h5,8,13-14H,3-4,6-7,9-12H2,1-2H3. The topological polar surface area (TPSA) is 58.6 Å². The molecular formula is C17H26N4O2. The Morgan fingerprint density at radius 2 is 2.04 bits per heavy atom. The molecule has 0 aliphatic carbocycles. The van der Waals surface area contributed by atoms with Gasteiger partial charge in [0.1, 0.15) is 0 Å². The molecule has 3 heterocycles. The van der Waals surface area contributed by atoms with Gasteiger partial charge in [0.15, 0.2) is 0 Å². The zero-order valence-corrected chi connectivity index (χ0v) is 14.1. The molecule has 2 aliphatic rings. The number of methoxy groups -OCH3 is 1. The highest BCUT2D eigenvalue weighted by atomic mass is 16.5. The average molecular weight is 318 g/mol. The Labute approximate surface area is 137 Å². The van der Waals surface area contributed by atoms with Gasteiger partial charge < -0.3 is 14.5 Å². The predicted octanol–water partition coefficient (Wildman–Crippen LogP) is 1.96. The molecule has 0 N–H and O–H groups in total. The first-order chi connectivity index (χ1) is 11.2. The van der Waals surface area contributed by atoms with Crippen molar-refractivity contribution in [1.29, 1.82) is 0 Å². The van der Waals surface area contributed by atoms with Crippen LogP contribution in [0.5, 0.6) is 5.88 Å². The fraction of sp³-hybridized carbons (Fsp3) is 0.706. The molecule has 1 aromatic heterocycles. The van der Waals surface area contributed by atoms with Gasteiger partial charge in [-0.1, -0.05) is 6.92 Å². The first kappa shape index (κ1) is 16.0. The summed E-state index contributed by atoms with van der Waals surface area (Å²) < 4.78 is 5.16. The van der Waals surface area contributed by atoms with E-state index in [1.54, 1.807) is 19.4 Å². The monoisotopic (exact) mass is 318 g/mol. The molecule has 6 heteroatoms. The summed E-state index contributed by atoms with van der Waals surface area (Å²) in [7, 11) is 1.61. The van der Waals surface area contributed by atoms with Crippen molar-refractivity contribution in [3.8, 4) is 5.88 Å². The quantitative estimate of drug-likeness (QED) is 0.853. The van der Waals surface area contributed by atoms with Crippen molar-refractivity contribution in [2.45, 2.75) is 32.6 Å². The Morgan fingerprint density at radius 3 is 2.74 bits per heavy atom. The molecule has 6 nitrogen and oxygen atoms in total. The summed E-state index contributed by atoms with van der Waals surface area (Å²) in [5.41, 5.74) is 0. The average Bonchev–Trinajstić information content (AvgIpc) is 2.61. The number of hydrogen-bond acceptors (Lipinski definition) is 5. The smallest absolute Gasteiger partial charge is 0.228 e. The summed E-state index contributed by atoms with van der Waals surface area (Å²) in [5, 5.41) is 0. The number of ether oxygens (including phenoxy) is 1. The van der Waals surface area contributed by atoms with Crippen LogP contribution in [0.2, 0.25) is 0 Å². The third-order valence-electron chi connectivity index (χ3n) is 4.92. The van der Waals surface area contributed by atoms with E-state index in [1.807, 2.05) is 0 Å². The van der Waals surface area contributed by atoms with Crippen LogP contribution < -0.4 is 9.64 Å². The zero-order chi connectivity index (χ0) is 16.2. The van der Waals surface area contributed by atoms with Crippen molar-refractivity contribution in [2.75, 3.05) is 38.2 Å². The van der Waals surface area contributed by atoms with Gasteiger partial charge in [-0.05, 0) is 31.6 Å². The highest BCUT2D eigenvalue weighted by Crippen LogP contribution is 2.25. The van der Waals surface area contributed by atoms with Crippen LogP contribution in [0.1, 0.15) is 32.6 Å². The third-order valence-corrected chi connectivity index (χ3v) is 4.92. The van der Waals surface area contributed by atoms with E-state index in [0.717, 1.165) is 45.4 Å². The molecule has 1 unspecified atom stereocenters. The summed E-state index contributed by atoms with van der Waals surface area (Å²) in [5.74, 6) is 2.42. The summed E-state index contributed by atoms with van der Waals surface area (Å²) in [6.07, 6.45) is 5.86. The number of rotatable bonds is 3. The Bertz CT molecular complexity index is 543. The Morgan fingerprint density at radius 1 is 1.26 bits per heavy atom. The number of aromatic nitrogens is 2. The van der Waals surface area contributed by atoms with E-state index in [4.69, 9.17) is 4.74 Å². The molecule has 126 valence electrons. The Kier molecular flexibility index (Phi) is 4.98. The van der Waals surface area contributed by atoms with Crippen LogP contribution in [0.4, 0.5) is 5.95 Å². The number of likely N-dealkylation sites (tertiary alicyclic amines) is 1. The molecule has 0 bridgehead atoms. The molecule has 3 rings (SSSR count).